The zero-order valence-electron chi connectivity index (χ0n) is 17.7. The Morgan fingerprint density at radius 3 is 2.28 bits per heavy atom. The molecule has 1 aliphatic carbocycles. The highest BCUT2D eigenvalue weighted by molar-refractivity contribution is 5.33. The first-order valence-corrected chi connectivity index (χ1v) is 11.7. The van der Waals surface area contributed by atoms with Gasteiger partial charge in [-0.15, -0.1) is 0 Å². The van der Waals surface area contributed by atoms with E-state index < -0.39 is 0 Å². The summed E-state index contributed by atoms with van der Waals surface area (Å²) in [6.07, 6.45) is 6.44. The second-order valence-corrected chi connectivity index (χ2v) is 9.52. The number of benzene rings is 1. The lowest BCUT2D eigenvalue weighted by molar-refractivity contribution is -0.00268. The van der Waals surface area contributed by atoms with Gasteiger partial charge in [-0.1, -0.05) is 18.6 Å². The molecule has 5 nitrogen and oxygen atoms in total. The largest absolute Gasteiger partial charge is 0.493 e. The third kappa shape index (κ3) is 4.48. The van der Waals surface area contributed by atoms with Gasteiger partial charge in [-0.2, -0.15) is 0 Å². The molecule has 0 bridgehead atoms. The number of nitrogens with zero attached hydrogens (tertiary/aromatic N) is 2. The van der Waals surface area contributed by atoms with Crippen molar-refractivity contribution in [1.82, 2.24) is 9.80 Å². The van der Waals surface area contributed by atoms with E-state index in [1.807, 2.05) is 0 Å². The molecule has 1 saturated carbocycles. The summed E-state index contributed by atoms with van der Waals surface area (Å²) in [4.78, 5) is 5.21. The molecule has 0 amide bonds. The molecular weight excluding hydrogens is 364 g/mol. The summed E-state index contributed by atoms with van der Waals surface area (Å²) in [5, 5.41) is 0. The Balaban J connectivity index is 1.17. The fourth-order valence-corrected chi connectivity index (χ4v) is 5.37. The SMILES string of the molecule is c1cc(C2(CN3CCOCC3)CCOCC2)ccc1OCC1CN(C2CCC2)C1. The molecule has 5 rings (SSSR count). The van der Waals surface area contributed by atoms with Crippen LogP contribution in [0.25, 0.3) is 0 Å². The molecule has 1 aromatic rings. The lowest BCUT2D eigenvalue weighted by Crippen LogP contribution is -2.55. The minimum absolute atomic E-state index is 0.200. The molecule has 3 heterocycles. The van der Waals surface area contributed by atoms with Crippen molar-refractivity contribution in [3.05, 3.63) is 29.8 Å². The van der Waals surface area contributed by atoms with E-state index in [1.54, 1.807) is 0 Å². The Morgan fingerprint density at radius 2 is 1.62 bits per heavy atom. The predicted octanol–water partition coefficient (Wildman–Crippen LogP) is 2.93. The van der Waals surface area contributed by atoms with Gasteiger partial charge in [0.15, 0.2) is 0 Å². The Bertz CT molecular complexity index is 643. The van der Waals surface area contributed by atoms with Gasteiger partial charge in [-0.05, 0) is 43.4 Å². The summed E-state index contributed by atoms with van der Waals surface area (Å²) in [5.74, 6) is 1.72. The van der Waals surface area contributed by atoms with Crippen molar-refractivity contribution in [2.24, 2.45) is 5.92 Å². The van der Waals surface area contributed by atoms with Crippen LogP contribution in [0.5, 0.6) is 5.75 Å². The molecular formula is C24H36N2O3. The standard InChI is InChI=1S/C24H36N2O3/c1-2-22(3-1)26-16-20(17-26)18-29-23-6-4-21(5-7-23)24(8-12-27-13-9-24)19-25-10-14-28-15-11-25/h4-7,20,22H,1-3,8-19H2. The topological polar surface area (TPSA) is 34.2 Å². The molecule has 4 aliphatic rings. The number of hydrogen-bond acceptors (Lipinski definition) is 5. The molecule has 0 N–H and O–H groups in total. The van der Waals surface area contributed by atoms with E-state index in [-0.39, 0.29) is 5.41 Å². The van der Waals surface area contributed by atoms with Crippen molar-refractivity contribution in [3.8, 4) is 5.75 Å². The quantitative estimate of drug-likeness (QED) is 0.703. The number of ether oxygens (including phenoxy) is 3. The Morgan fingerprint density at radius 1 is 0.931 bits per heavy atom. The average Bonchev–Trinajstić information content (AvgIpc) is 2.70. The number of likely N-dealkylation sites (tertiary alicyclic amines) is 1. The summed E-state index contributed by atoms with van der Waals surface area (Å²) < 4.78 is 17.4. The first-order chi connectivity index (χ1) is 14.3. The maximum Gasteiger partial charge on any atom is 0.119 e. The van der Waals surface area contributed by atoms with Crippen LogP contribution < -0.4 is 4.74 Å². The highest BCUT2D eigenvalue weighted by Gasteiger charge is 2.37. The van der Waals surface area contributed by atoms with E-state index in [0.717, 1.165) is 77.3 Å². The first-order valence-electron chi connectivity index (χ1n) is 11.7. The third-order valence-corrected chi connectivity index (χ3v) is 7.61. The van der Waals surface area contributed by atoms with Crippen molar-refractivity contribution in [3.63, 3.8) is 0 Å². The van der Waals surface area contributed by atoms with Crippen LogP contribution in [0.15, 0.2) is 24.3 Å². The average molecular weight is 401 g/mol. The third-order valence-electron chi connectivity index (χ3n) is 7.61. The molecule has 0 radical (unpaired) electrons. The van der Waals surface area contributed by atoms with Gasteiger partial charge in [-0.3, -0.25) is 9.80 Å². The molecule has 3 aliphatic heterocycles. The van der Waals surface area contributed by atoms with Crippen molar-refractivity contribution >= 4 is 0 Å². The van der Waals surface area contributed by atoms with Gasteiger partial charge in [0.25, 0.3) is 0 Å². The zero-order valence-corrected chi connectivity index (χ0v) is 17.7. The van der Waals surface area contributed by atoms with Gasteiger partial charge in [0.2, 0.25) is 0 Å². The van der Waals surface area contributed by atoms with Gasteiger partial charge in [0.1, 0.15) is 5.75 Å². The zero-order chi connectivity index (χ0) is 19.5. The van der Waals surface area contributed by atoms with Gasteiger partial charge in [-0.25, -0.2) is 0 Å². The molecule has 1 aromatic carbocycles. The molecule has 4 fully saturated rings. The first kappa shape index (κ1) is 19.8. The van der Waals surface area contributed by atoms with Crippen LogP contribution in [0.1, 0.15) is 37.7 Å². The second kappa shape index (κ2) is 8.93. The number of morpholine rings is 1. The van der Waals surface area contributed by atoms with E-state index in [4.69, 9.17) is 14.2 Å². The molecule has 3 saturated heterocycles. The predicted molar refractivity (Wildman–Crippen MR) is 114 cm³/mol. The summed E-state index contributed by atoms with van der Waals surface area (Å²) in [6.45, 7) is 9.96. The minimum Gasteiger partial charge on any atom is -0.493 e. The van der Waals surface area contributed by atoms with Crippen LogP contribution in [0.2, 0.25) is 0 Å². The molecule has 0 atom stereocenters. The van der Waals surface area contributed by atoms with Gasteiger partial charge in [0.05, 0.1) is 19.8 Å². The second-order valence-electron chi connectivity index (χ2n) is 9.52. The maximum absolute atomic E-state index is 6.14. The van der Waals surface area contributed by atoms with Gasteiger partial charge < -0.3 is 14.2 Å². The Labute approximate surface area is 175 Å². The van der Waals surface area contributed by atoms with E-state index in [9.17, 15) is 0 Å². The van der Waals surface area contributed by atoms with E-state index >= 15 is 0 Å². The molecule has 0 unspecified atom stereocenters. The smallest absolute Gasteiger partial charge is 0.119 e. The maximum atomic E-state index is 6.14. The monoisotopic (exact) mass is 400 g/mol. The van der Waals surface area contributed by atoms with Crippen molar-refractivity contribution in [2.75, 3.05) is 65.8 Å². The molecule has 5 heteroatoms. The summed E-state index contributed by atoms with van der Waals surface area (Å²) in [7, 11) is 0. The van der Waals surface area contributed by atoms with Crippen LogP contribution in [0, 0.1) is 5.92 Å². The molecule has 0 spiro atoms. The lowest BCUT2D eigenvalue weighted by Gasteiger charge is -2.47. The Kier molecular flexibility index (Phi) is 6.09. The van der Waals surface area contributed by atoms with Crippen molar-refractivity contribution in [2.45, 2.75) is 43.6 Å². The molecule has 160 valence electrons. The summed E-state index contributed by atoms with van der Waals surface area (Å²) >= 11 is 0. The van der Waals surface area contributed by atoms with Crippen LogP contribution in [-0.4, -0.2) is 81.6 Å². The van der Waals surface area contributed by atoms with Crippen LogP contribution in [-0.2, 0) is 14.9 Å². The van der Waals surface area contributed by atoms with Crippen LogP contribution in [0.3, 0.4) is 0 Å². The highest BCUT2D eigenvalue weighted by atomic mass is 16.5. The highest BCUT2D eigenvalue weighted by Crippen LogP contribution is 2.37. The van der Waals surface area contributed by atoms with Gasteiger partial charge >= 0.3 is 0 Å². The van der Waals surface area contributed by atoms with Crippen LogP contribution >= 0.6 is 0 Å². The molecule has 29 heavy (non-hydrogen) atoms. The number of rotatable bonds is 7. The van der Waals surface area contributed by atoms with Crippen molar-refractivity contribution in [1.29, 1.82) is 0 Å². The lowest BCUT2D eigenvalue weighted by atomic mass is 9.73. The van der Waals surface area contributed by atoms with E-state index in [2.05, 4.69) is 34.1 Å². The summed E-state index contributed by atoms with van der Waals surface area (Å²) in [6, 6.07) is 9.88. The van der Waals surface area contributed by atoms with E-state index in [1.165, 1.54) is 37.9 Å². The van der Waals surface area contributed by atoms with E-state index in [0.29, 0.717) is 5.92 Å². The normalized spacial score (nSPS) is 26.6. The molecule has 0 aromatic heterocycles. The number of hydrogen-bond donors (Lipinski definition) is 0. The Hall–Kier alpha value is -1.14. The van der Waals surface area contributed by atoms with Crippen LogP contribution in [0.4, 0.5) is 0 Å². The van der Waals surface area contributed by atoms with Gasteiger partial charge in [0, 0.05) is 63.3 Å². The fraction of sp³-hybridized carbons (Fsp3) is 0.750. The minimum atomic E-state index is 0.200. The summed E-state index contributed by atoms with van der Waals surface area (Å²) in [5.41, 5.74) is 1.64. The fourth-order valence-electron chi connectivity index (χ4n) is 5.37. The van der Waals surface area contributed by atoms with Crippen molar-refractivity contribution < 1.29 is 14.2 Å².